The molecule has 0 radical (unpaired) electrons. The molecule has 0 spiro atoms. The summed E-state index contributed by atoms with van der Waals surface area (Å²) in [5.41, 5.74) is 2.52. The summed E-state index contributed by atoms with van der Waals surface area (Å²) in [5, 5.41) is 13.8. The highest BCUT2D eigenvalue weighted by molar-refractivity contribution is 5.82. The van der Waals surface area contributed by atoms with Gasteiger partial charge in [-0.2, -0.15) is 0 Å². The van der Waals surface area contributed by atoms with Crippen LogP contribution in [0, 0.1) is 5.92 Å². The van der Waals surface area contributed by atoms with Crippen LogP contribution >= 0.6 is 0 Å². The zero-order chi connectivity index (χ0) is 12.8. The van der Waals surface area contributed by atoms with Crippen LogP contribution < -0.4 is 5.32 Å². The molecule has 3 N–H and O–H groups in total. The maximum absolute atomic E-state index is 8.97. The highest BCUT2D eigenvalue weighted by Gasteiger charge is 2.06. The molecule has 1 atom stereocenters. The van der Waals surface area contributed by atoms with Gasteiger partial charge >= 0.3 is 0 Å². The minimum atomic E-state index is 0.285. The largest absolute Gasteiger partial charge is 0.396 e. The fourth-order valence-electron chi connectivity index (χ4n) is 2.35. The Hall–Kier alpha value is -1.32. The van der Waals surface area contributed by atoms with Gasteiger partial charge in [-0.3, -0.25) is 0 Å². The minimum Gasteiger partial charge on any atom is -0.396 e. The topological polar surface area (TPSA) is 48.0 Å². The lowest BCUT2D eigenvalue weighted by atomic mass is 10.0. The van der Waals surface area contributed by atoms with E-state index in [1.165, 1.54) is 16.5 Å². The minimum absolute atomic E-state index is 0.285. The molecule has 1 heterocycles. The number of benzene rings is 1. The molecule has 3 heteroatoms. The molecule has 1 aromatic heterocycles. The number of aromatic nitrogens is 1. The van der Waals surface area contributed by atoms with Crippen LogP contribution in [0.1, 0.15) is 25.3 Å². The van der Waals surface area contributed by atoms with Crippen LogP contribution in [-0.2, 0) is 6.54 Å². The van der Waals surface area contributed by atoms with Crippen molar-refractivity contribution in [3.8, 4) is 0 Å². The Morgan fingerprint density at radius 1 is 1.33 bits per heavy atom. The number of nitrogens with one attached hydrogen (secondary N) is 2. The molecule has 0 saturated heterocycles. The van der Waals surface area contributed by atoms with Gasteiger partial charge in [-0.15, -0.1) is 0 Å². The number of aliphatic hydroxyl groups is 1. The lowest BCUT2D eigenvalue weighted by Gasteiger charge is -2.14. The predicted octanol–water partition coefficient (Wildman–Crippen LogP) is 2.67. The summed E-state index contributed by atoms with van der Waals surface area (Å²) in [6, 6.07) is 8.47. The molecule has 1 aromatic carbocycles. The fourth-order valence-corrected chi connectivity index (χ4v) is 2.35. The second kappa shape index (κ2) is 6.57. The van der Waals surface area contributed by atoms with Gasteiger partial charge in [0, 0.05) is 30.3 Å². The first-order valence-electron chi connectivity index (χ1n) is 6.71. The van der Waals surface area contributed by atoms with Gasteiger partial charge in [0.15, 0.2) is 0 Å². The molecule has 98 valence electrons. The van der Waals surface area contributed by atoms with Crippen LogP contribution in [0.5, 0.6) is 0 Å². The Kier molecular flexibility index (Phi) is 4.79. The molecule has 0 saturated carbocycles. The lowest BCUT2D eigenvalue weighted by molar-refractivity contribution is 0.251. The van der Waals surface area contributed by atoms with E-state index < -0.39 is 0 Å². The number of hydrogen-bond donors (Lipinski definition) is 3. The molecule has 3 nitrogen and oxygen atoms in total. The SMILES string of the molecule is CCC(CCO)CNCc1cccc2[nH]ccc12. The summed E-state index contributed by atoms with van der Waals surface area (Å²) in [4.78, 5) is 3.23. The summed E-state index contributed by atoms with van der Waals surface area (Å²) < 4.78 is 0. The van der Waals surface area contributed by atoms with Crippen molar-refractivity contribution in [1.29, 1.82) is 0 Å². The van der Waals surface area contributed by atoms with E-state index in [0.29, 0.717) is 5.92 Å². The number of aliphatic hydroxyl groups excluding tert-OH is 1. The maximum Gasteiger partial charge on any atom is 0.0457 e. The van der Waals surface area contributed by atoms with Gasteiger partial charge < -0.3 is 15.4 Å². The van der Waals surface area contributed by atoms with Crippen molar-refractivity contribution in [1.82, 2.24) is 10.3 Å². The zero-order valence-corrected chi connectivity index (χ0v) is 10.9. The summed E-state index contributed by atoms with van der Waals surface area (Å²) in [6.07, 6.45) is 3.98. The van der Waals surface area contributed by atoms with Crippen LogP contribution in [0.4, 0.5) is 0 Å². The van der Waals surface area contributed by atoms with E-state index in [1.807, 2.05) is 6.20 Å². The summed E-state index contributed by atoms with van der Waals surface area (Å²) in [7, 11) is 0. The standard InChI is InChI=1S/C15H22N2O/c1-2-12(7-9-18)10-16-11-13-4-3-5-15-14(13)6-8-17-15/h3-6,8,12,16-18H,2,7,9-11H2,1H3. The van der Waals surface area contributed by atoms with Gasteiger partial charge in [-0.1, -0.05) is 25.5 Å². The van der Waals surface area contributed by atoms with E-state index in [9.17, 15) is 0 Å². The molecule has 0 aliphatic rings. The molecule has 0 aliphatic heterocycles. The molecule has 0 amide bonds. The molecule has 2 rings (SSSR count). The Morgan fingerprint density at radius 2 is 2.22 bits per heavy atom. The first-order chi connectivity index (χ1) is 8.85. The second-order valence-electron chi connectivity index (χ2n) is 4.77. The van der Waals surface area contributed by atoms with Gasteiger partial charge in [0.05, 0.1) is 0 Å². The summed E-state index contributed by atoms with van der Waals surface area (Å²) in [6.45, 7) is 4.32. The van der Waals surface area contributed by atoms with Crippen molar-refractivity contribution >= 4 is 10.9 Å². The fraction of sp³-hybridized carbons (Fsp3) is 0.467. The van der Waals surface area contributed by atoms with Gasteiger partial charge in [-0.25, -0.2) is 0 Å². The molecule has 18 heavy (non-hydrogen) atoms. The highest BCUT2D eigenvalue weighted by atomic mass is 16.3. The van der Waals surface area contributed by atoms with Gasteiger partial charge in [0.2, 0.25) is 0 Å². The molecular formula is C15H22N2O. The van der Waals surface area contributed by atoms with E-state index >= 15 is 0 Å². The predicted molar refractivity (Wildman–Crippen MR) is 75.5 cm³/mol. The van der Waals surface area contributed by atoms with Crippen molar-refractivity contribution < 1.29 is 5.11 Å². The first kappa shape index (κ1) is 13.1. The van der Waals surface area contributed by atoms with Gasteiger partial charge in [-0.05, 0) is 36.6 Å². The Labute approximate surface area is 108 Å². The van der Waals surface area contributed by atoms with Gasteiger partial charge in [0.1, 0.15) is 0 Å². The number of H-pyrrole nitrogens is 1. The van der Waals surface area contributed by atoms with Crippen LogP contribution in [0.2, 0.25) is 0 Å². The molecular weight excluding hydrogens is 224 g/mol. The summed E-state index contributed by atoms with van der Waals surface area (Å²) >= 11 is 0. The lowest BCUT2D eigenvalue weighted by Crippen LogP contribution is -2.22. The molecule has 0 aliphatic carbocycles. The average molecular weight is 246 g/mol. The third kappa shape index (κ3) is 3.12. The van der Waals surface area contributed by atoms with Crippen LogP contribution in [-0.4, -0.2) is 23.2 Å². The Morgan fingerprint density at radius 3 is 3.00 bits per heavy atom. The van der Waals surface area contributed by atoms with E-state index in [2.05, 4.69) is 41.5 Å². The first-order valence-corrected chi connectivity index (χ1v) is 6.71. The molecule has 2 aromatic rings. The maximum atomic E-state index is 8.97. The third-order valence-corrected chi connectivity index (χ3v) is 3.55. The quantitative estimate of drug-likeness (QED) is 0.703. The van der Waals surface area contributed by atoms with E-state index in [-0.39, 0.29) is 6.61 Å². The summed E-state index contributed by atoms with van der Waals surface area (Å²) in [5.74, 6) is 0.570. The van der Waals surface area contributed by atoms with Crippen molar-refractivity contribution in [2.24, 2.45) is 5.92 Å². The number of rotatable bonds is 7. The van der Waals surface area contributed by atoms with Crippen molar-refractivity contribution in [2.45, 2.75) is 26.3 Å². The number of fused-ring (bicyclic) bond motifs is 1. The average Bonchev–Trinajstić information content (AvgIpc) is 2.86. The highest BCUT2D eigenvalue weighted by Crippen LogP contribution is 2.17. The van der Waals surface area contributed by atoms with Crippen molar-refractivity contribution in [3.63, 3.8) is 0 Å². The molecule has 0 bridgehead atoms. The van der Waals surface area contributed by atoms with Crippen molar-refractivity contribution in [2.75, 3.05) is 13.2 Å². The third-order valence-electron chi connectivity index (χ3n) is 3.55. The number of hydrogen-bond acceptors (Lipinski definition) is 2. The van der Waals surface area contributed by atoms with Crippen LogP contribution in [0.25, 0.3) is 10.9 Å². The van der Waals surface area contributed by atoms with E-state index in [0.717, 1.165) is 25.9 Å². The van der Waals surface area contributed by atoms with Crippen LogP contribution in [0.3, 0.4) is 0 Å². The molecule has 0 fully saturated rings. The zero-order valence-electron chi connectivity index (χ0n) is 10.9. The van der Waals surface area contributed by atoms with E-state index in [4.69, 9.17) is 5.11 Å². The van der Waals surface area contributed by atoms with Crippen LogP contribution in [0.15, 0.2) is 30.5 Å². The van der Waals surface area contributed by atoms with E-state index in [1.54, 1.807) is 0 Å². The van der Waals surface area contributed by atoms with Gasteiger partial charge in [0.25, 0.3) is 0 Å². The smallest absolute Gasteiger partial charge is 0.0457 e. The Balaban J connectivity index is 1.92. The van der Waals surface area contributed by atoms with Crippen molar-refractivity contribution in [3.05, 3.63) is 36.0 Å². The normalized spacial score (nSPS) is 13.0. The Bertz CT molecular complexity index is 478. The molecule has 1 unspecified atom stereocenters. The second-order valence-corrected chi connectivity index (χ2v) is 4.77. The number of aromatic amines is 1. The monoisotopic (exact) mass is 246 g/mol.